The van der Waals surface area contributed by atoms with E-state index in [1.54, 1.807) is 24.4 Å². The molecule has 0 radical (unpaired) electrons. The largest absolute Gasteiger partial charge is 0.462 e. The van der Waals surface area contributed by atoms with Crippen LogP contribution in [-0.4, -0.2) is 29.7 Å². The Balaban J connectivity index is 1.69. The first-order chi connectivity index (χ1) is 11.8. The van der Waals surface area contributed by atoms with Crippen molar-refractivity contribution in [2.75, 3.05) is 5.32 Å². The number of anilines is 1. The molecule has 1 N–H and O–H groups in total. The summed E-state index contributed by atoms with van der Waals surface area (Å²) in [7, 11) is -3.74. The van der Waals surface area contributed by atoms with E-state index in [9.17, 15) is 13.2 Å². The molecule has 8 nitrogen and oxygen atoms in total. The van der Waals surface area contributed by atoms with E-state index in [-0.39, 0.29) is 11.6 Å². The lowest BCUT2D eigenvalue weighted by molar-refractivity contribution is -0.115. The molecule has 1 amide bonds. The van der Waals surface area contributed by atoms with Gasteiger partial charge in [-0.25, -0.2) is 13.4 Å². The number of hydrogen-bond acceptors (Lipinski definition) is 8. The number of amides is 1. The number of rotatable bonds is 6. The van der Waals surface area contributed by atoms with Gasteiger partial charge in [0.15, 0.2) is 26.4 Å². The lowest BCUT2D eigenvalue weighted by Gasteiger charge is -2.11. The maximum atomic E-state index is 12.5. The number of nitrogens with one attached hydrogen (secondary N) is 1. The van der Waals surface area contributed by atoms with E-state index in [1.165, 1.54) is 30.6 Å². The number of hydrogen-bond donors (Lipinski definition) is 1. The standard InChI is InChI=1S/C15H15N3O5S2/c1-9-6-13(18-23-9)17-14(19)10(2)25(20,21)8-11-7-24-15(16-11)12-4-3-5-22-12/h3-7,10H,8H2,1-2H3,(H,17,18,19). The van der Waals surface area contributed by atoms with E-state index < -0.39 is 21.0 Å². The molecule has 3 heterocycles. The zero-order valence-electron chi connectivity index (χ0n) is 13.4. The zero-order valence-corrected chi connectivity index (χ0v) is 15.1. The maximum absolute atomic E-state index is 12.5. The fourth-order valence-electron chi connectivity index (χ4n) is 2.03. The summed E-state index contributed by atoms with van der Waals surface area (Å²) < 4.78 is 35.0. The number of sulfone groups is 1. The van der Waals surface area contributed by atoms with Gasteiger partial charge in [-0.05, 0) is 26.0 Å². The number of thiazole rings is 1. The first-order valence-electron chi connectivity index (χ1n) is 7.29. The van der Waals surface area contributed by atoms with Crippen LogP contribution in [0.4, 0.5) is 5.82 Å². The Morgan fingerprint density at radius 3 is 2.88 bits per heavy atom. The molecule has 1 unspecified atom stereocenters. The van der Waals surface area contributed by atoms with Crippen molar-refractivity contribution >= 4 is 32.9 Å². The molecule has 0 fully saturated rings. The molecule has 0 bridgehead atoms. The SMILES string of the molecule is Cc1cc(NC(=O)C(C)S(=O)(=O)Cc2csc(-c3ccco3)n2)no1. The predicted octanol–water partition coefficient (Wildman–Crippen LogP) is 2.64. The fourth-order valence-corrected chi connectivity index (χ4v) is 4.12. The van der Waals surface area contributed by atoms with Gasteiger partial charge in [-0.3, -0.25) is 4.79 Å². The quantitative estimate of drug-likeness (QED) is 0.698. The Morgan fingerprint density at radius 1 is 1.44 bits per heavy atom. The van der Waals surface area contributed by atoms with Crippen molar-refractivity contribution < 1.29 is 22.2 Å². The van der Waals surface area contributed by atoms with Gasteiger partial charge in [-0.2, -0.15) is 0 Å². The minimum absolute atomic E-state index is 0.179. The minimum atomic E-state index is -3.74. The first kappa shape index (κ1) is 17.4. The molecule has 10 heteroatoms. The Kier molecular flexibility index (Phi) is 4.73. The van der Waals surface area contributed by atoms with E-state index >= 15 is 0 Å². The lowest BCUT2D eigenvalue weighted by Crippen LogP contribution is -2.33. The summed E-state index contributed by atoms with van der Waals surface area (Å²) in [5.41, 5.74) is 0.369. The minimum Gasteiger partial charge on any atom is -0.462 e. The summed E-state index contributed by atoms with van der Waals surface area (Å²) in [6.45, 7) is 3.00. The van der Waals surface area contributed by atoms with Gasteiger partial charge >= 0.3 is 0 Å². The molecular weight excluding hydrogens is 366 g/mol. The summed E-state index contributed by atoms with van der Waals surface area (Å²) in [5, 5.41) is 7.02. The van der Waals surface area contributed by atoms with Crippen molar-refractivity contribution in [3.8, 4) is 10.8 Å². The fraction of sp³-hybridized carbons (Fsp3) is 0.267. The Bertz CT molecular complexity index is 973. The van der Waals surface area contributed by atoms with Crippen molar-refractivity contribution in [1.29, 1.82) is 0 Å². The van der Waals surface area contributed by atoms with Crippen LogP contribution in [0.1, 0.15) is 18.4 Å². The number of aromatic nitrogens is 2. The topological polar surface area (TPSA) is 115 Å². The van der Waals surface area contributed by atoms with E-state index in [1.807, 2.05) is 0 Å². The average molecular weight is 381 g/mol. The lowest BCUT2D eigenvalue weighted by atomic mass is 10.4. The van der Waals surface area contributed by atoms with E-state index in [0.717, 1.165) is 0 Å². The molecule has 3 aromatic rings. The Hall–Kier alpha value is -2.46. The summed E-state index contributed by atoms with van der Waals surface area (Å²) in [6, 6.07) is 4.98. The molecule has 1 atom stereocenters. The van der Waals surface area contributed by atoms with Crippen molar-refractivity contribution in [3.05, 3.63) is 41.3 Å². The molecule has 0 aliphatic heterocycles. The third-order valence-electron chi connectivity index (χ3n) is 3.42. The van der Waals surface area contributed by atoms with Crippen LogP contribution in [0, 0.1) is 6.92 Å². The van der Waals surface area contributed by atoms with Gasteiger partial charge in [0.05, 0.1) is 17.7 Å². The molecule has 0 aliphatic carbocycles. The molecule has 0 spiro atoms. The highest BCUT2D eigenvalue weighted by molar-refractivity contribution is 7.92. The van der Waals surface area contributed by atoms with Crippen molar-refractivity contribution in [3.63, 3.8) is 0 Å². The zero-order chi connectivity index (χ0) is 18.0. The Morgan fingerprint density at radius 2 is 2.24 bits per heavy atom. The summed E-state index contributed by atoms with van der Waals surface area (Å²) >= 11 is 1.28. The van der Waals surface area contributed by atoms with Crippen LogP contribution in [0.5, 0.6) is 0 Å². The summed E-state index contributed by atoms with van der Waals surface area (Å²) in [6.07, 6.45) is 1.52. The third-order valence-corrected chi connectivity index (χ3v) is 6.32. The molecule has 0 saturated heterocycles. The van der Waals surface area contributed by atoms with E-state index in [0.29, 0.717) is 22.2 Å². The number of carbonyl (C=O) groups excluding carboxylic acids is 1. The highest BCUT2D eigenvalue weighted by atomic mass is 32.2. The van der Waals surface area contributed by atoms with Crippen LogP contribution in [-0.2, 0) is 20.4 Å². The van der Waals surface area contributed by atoms with Gasteiger partial charge < -0.3 is 14.3 Å². The van der Waals surface area contributed by atoms with Gasteiger partial charge in [-0.15, -0.1) is 11.3 Å². The summed E-state index contributed by atoms with van der Waals surface area (Å²) in [4.78, 5) is 16.4. The predicted molar refractivity (Wildman–Crippen MR) is 91.8 cm³/mol. The molecule has 3 rings (SSSR count). The van der Waals surface area contributed by atoms with Crippen molar-refractivity contribution in [2.24, 2.45) is 0 Å². The van der Waals surface area contributed by atoms with Crippen LogP contribution in [0.15, 0.2) is 38.8 Å². The smallest absolute Gasteiger partial charge is 0.243 e. The van der Waals surface area contributed by atoms with Crippen LogP contribution < -0.4 is 5.32 Å². The van der Waals surface area contributed by atoms with Gasteiger partial charge in [0.2, 0.25) is 5.91 Å². The van der Waals surface area contributed by atoms with Crippen LogP contribution in [0.25, 0.3) is 10.8 Å². The second-order valence-corrected chi connectivity index (χ2v) is 8.56. The maximum Gasteiger partial charge on any atom is 0.243 e. The highest BCUT2D eigenvalue weighted by Gasteiger charge is 2.29. The normalized spacial score (nSPS) is 12.9. The molecule has 0 aromatic carbocycles. The van der Waals surface area contributed by atoms with Gasteiger partial charge in [-0.1, -0.05) is 5.16 Å². The Labute approximate surface area is 147 Å². The van der Waals surface area contributed by atoms with Crippen LogP contribution >= 0.6 is 11.3 Å². The van der Waals surface area contributed by atoms with Crippen molar-refractivity contribution in [1.82, 2.24) is 10.1 Å². The van der Waals surface area contributed by atoms with Gasteiger partial charge in [0, 0.05) is 11.4 Å². The van der Waals surface area contributed by atoms with Crippen LogP contribution in [0.2, 0.25) is 0 Å². The monoisotopic (exact) mass is 381 g/mol. The van der Waals surface area contributed by atoms with E-state index in [4.69, 9.17) is 8.94 Å². The molecule has 0 aliphatic rings. The van der Waals surface area contributed by atoms with E-state index in [2.05, 4.69) is 15.5 Å². The average Bonchev–Trinajstić information content (AvgIpc) is 3.27. The number of carbonyl (C=O) groups is 1. The molecule has 132 valence electrons. The molecule has 25 heavy (non-hydrogen) atoms. The molecule has 0 saturated carbocycles. The first-order valence-corrected chi connectivity index (χ1v) is 9.89. The van der Waals surface area contributed by atoms with Gasteiger partial charge in [0.25, 0.3) is 0 Å². The molecule has 3 aromatic heterocycles. The van der Waals surface area contributed by atoms with Crippen LogP contribution in [0.3, 0.4) is 0 Å². The number of furan rings is 1. The van der Waals surface area contributed by atoms with Crippen molar-refractivity contribution in [2.45, 2.75) is 24.9 Å². The second kappa shape index (κ2) is 6.81. The number of nitrogens with zero attached hydrogens (tertiary/aromatic N) is 2. The number of aryl methyl sites for hydroxylation is 1. The highest BCUT2D eigenvalue weighted by Crippen LogP contribution is 2.25. The summed E-state index contributed by atoms with van der Waals surface area (Å²) in [5.74, 6) is 0.254. The third kappa shape index (κ3) is 3.97. The molecular formula is C15H15N3O5S2. The second-order valence-electron chi connectivity index (χ2n) is 5.38. The van der Waals surface area contributed by atoms with Gasteiger partial charge in [0.1, 0.15) is 11.0 Å².